The van der Waals surface area contributed by atoms with Crippen LogP contribution in [0.3, 0.4) is 0 Å². The van der Waals surface area contributed by atoms with Crippen molar-refractivity contribution >= 4 is 0 Å². The Hall–Kier alpha value is -1.73. The van der Waals surface area contributed by atoms with Crippen molar-refractivity contribution in [3.63, 3.8) is 0 Å². The monoisotopic (exact) mass is 291 g/mol. The zero-order chi connectivity index (χ0) is 14.9. The first-order chi connectivity index (χ1) is 10.0. The molecule has 1 fully saturated rings. The molecule has 1 aliphatic heterocycles. The normalized spacial score (nSPS) is 23.6. The van der Waals surface area contributed by atoms with Crippen LogP contribution in [0.2, 0.25) is 0 Å². The van der Waals surface area contributed by atoms with Gasteiger partial charge >= 0.3 is 0 Å². The van der Waals surface area contributed by atoms with Gasteiger partial charge in [0.25, 0.3) is 0 Å². The third-order valence-corrected chi connectivity index (χ3v) is 3.99. The van der Waals surface area contributed by atoms with Crippen molar-refractivity contribution in [3.05, 3.63) is 29.7 Å². The van der Waals surface area contributed by atoms with Gasteiger partial charge in [0.1, 0.15) is 5.76 Å². The highest BCUT2D eigenvalue weighted by atomic mass is 16.4. The van der Waals surface area contributed by atoms with Crippen molar-refractivity contribution in [1.82, 2.24) is 24.9 Å². The Morgan fingerprint density at radius 1 is 1.43 bits per heavy atom. The number of likely N-dealkylation sites (tertiary alicyclic amines) is 1. The SMILES string of the molecule is Cc1nc(CN2CCCC(O)(Cn3ccnn3)C2)oc1C. The molecule has 0 aromatic carbocycles. The number of piperidine rings is 1. The van der Waals surface area contributed by atoms with E-state index >= 15 is 0 Å². The number of aliphatic hydroxyl groups is 1. The summed E-state index contributed by atoms with van der Waals surface area (Å²) in [5.41, 5.74) is 0.155. The number of hydrogen-bond donors (Lipinski definition) is 1. The smallest absolute Gasteiger partial charge is 0.208 e. The number of nitrogens with zero attached hydrogens (tertiary/aromatic N) is 5. The summed E-state index contributed by atoms with van der Waals surface area (Å²) in [6, 6.07) is 0. The highest BCUT2D eigenvalue weighted by molar-refractivity contribution is 5.05. The lowest BCUT2D eigenvalue weighted by molar-refractivity contribution is -0.0495. The summed E-state index contributed by atoms with van der Waals surface area (Å²) in [4.78, 5) is 6.60. The first-order valence-electron chi connectivity index (χ1n) is 7.26. The van der Waals surface area contributed by atoms with E-state index in [1.165, 1.54) is 0 Å². The lowest BCUT2D eigenvalue weighted by atomic mass is 9.93. The highest BCUT2D eigenvalue weighted by Gasteiger charge is 2.34. The van der Waals surface area contributed by atoms with Crippen LogP contribution in [0, 0.1) is 13.8 Å². The van der Waals surface area contributed by atoms with E-state index in [0.717, 1.165) is 36.7 Å². The van der Waals surface area contributed by atoms with E-state index < -0.39 is 5.60 Å². The minimum Gasteiger partial charge on any atom is -0.444 e. The first kappa shape index (κ1) is 14.2. The summed E-state index contributed by atoms with van der Waals surface area (Å²) in [7, 11) is 0. The second kappa shape index (κ2) is 5.57. The number of aromatic nitrogens is 4. The molecule has 0 aliphatic carbocycles. The van der Waals surface area contributed by atoms with Crippen LogP contribution >= 0.6 is 0 Å². The van der Waals surface area contributed by atoms with Gasteiger partial charge in [-0.15, -0.1) is 5.10 Å². The number of β-amino-alcohol motifs (C(OH)–C–C–N with tert-alkyl or cyclic N) is 1. The molecule has 7 nitrogen and oxygen atoms in total. The average Bonchev–Trinajstić information content (AvgIpc) is 3.00. The summed E-state index contributed by atoms with van der Waals surface area (Å²) in [5.74, 6) is 1.58. The largest absolute Gasteiger partial charge is 0.444 e. The van der Waals surface area contributed by atoms with Crippen LogP contribution in [0.5, 0.6) is 0 Å². The molecule has 2 aromatic rings. The van der Waals surface area contributed by atoms with Crippen LogP contribution < -0.4 is 0 Å². The Balaban J connectivity index is 1.64. The standard InChI is InChI=1S/C14H21N5O2/c1-11-12(2)21-13(16-11)8-18-6-3-4-14(20,9-18)10-19-7-5-15-17-19/h5,7,20H,3-4,6,8-10H2,1-2H3. The van der Waals surface area contributed by atoms with E-state index in [9.17, 15) is 5.11 Å². The minimum absolute atomic E-state index is 0.465. The summed E-state index contributed by atoms with van der Waals surface area (Å²) in [5, 5.41) is 18.5. The van der Waals surface area contributed by atoms with Gasteiger partial charge in [-0.1, -0.05) is 5.21 Å². The Kier molecular flexibility index (Phi) is 3.77. The maximum absolute atomic E-state index is 10.8. The van der Waals surface area contributed by atoms with Gasteiger partial charge in [-0.05, 0) is 33.2 Å². The molecule has 1 N–H and O–H groups in total. The Bertz CT molecular complexity index is 575. The molecule has 0 bridgehead atoms. The first-order valence-corrected chi connectivity index (χ1v) is 7.26. The maximum Gasteiger partial charge on any atom is 0.208 e. The van der Waals surface area contributed by atoms with Crippen LogP contribution in [0.15, 0.2) is 16.8 Å². The van der Waals surface area contributed by atoms with Crippen LogP contribution in [0.4, 0.5) is 0 Å². The van der Waals surface area contributed by atoms with E-state index in [1.54, 1.807) is 17.1 Å². The summed E-state index contributed by atoms with van der Waals surface area (Å²) in [6.45, 7) is 6.50. The summed E-state index contributed by atoms with van der Waals surface area (Å²) in [6.07, 6.45) is 5.12. The lowest BCUT2D eigenvalue weighted by Crippen LogP contribution is -2.50. The molecule has 1 atom stereocenters. The molecule has 7 heteroatoms. The fourth-order valence-electron chi connectivity index (χ4n) is 2.89. The van der Waals surface area contributed by atoms with E-state index in [-0.39, 0.29) is 0 Å². The molecule has 1 aliphatic rings. The zero-order valence-electron chi connectivity index (χ0n) is 12.5. The fraction of sp³-hybridized carbons (Fsp3) is 0.643. The molecule has 0 radical (unpaired) electrons. The number of hydrogen-bond acceptors (Lipinski definition) is 6. The molecule has 3 heterocycles. The third-order valence-electron chi connectivity index (χ3n) is 3.99. The number of rotatable bonds is 4. The van der Waals surface area contributed by atoms with Gasteiger partial charge in [0, 0.05) is 12.7 Å². The van der Waals surface area contributed by atoms with Crippen LogP contribution in [-0.4, -0.2) is 48.7 Å². The topological polar surface area (TPSA) is 80.2 Å². The van der Waals surface area contributed by atoms with E-state index in [4.69, 9.17) is 4.42 Å². The highest BCUT2D eigenvalue weighted by Crippen LogP contribution is 2.24. The van der Waals surface area contributed by atoms with Gasteiger partial charge in [-0.3, -0.25) is 4.90 Å². The average molecular weight is 291 g/mol. The lowest BCUT2D eigenvalue weighted by Gasteiger charge is -2.38. The second-order valence-electron chi connectivity index (χ2n) is 5.89. The molecule has 3 rings (SSSR count). The van der Waals surface area contributed by atoms with Gasteiger partial charge in [0.15, 0.2) is 0 Å². The Morgan fingerprint density at radius 3 is 2.95 bits per heavy atom. The third kappa shape index (κ3) is 3.30. The van der Waals surface area contributed by atoms with Gasteiger partial charge < -0.3 is 9.52 Å². The quantitative estimate of drug-likeness (QED) is 0.902. The van der Waals surface area contributed by atoms with Crippen LogP contribution in [-0.2, 0) is 13.1 Å². The molecule has 1 saturated heterocycles. The maximum atomic E-state index is 10.8. The molecule has 1 unspecified atom stereocenters. The molecule has 114 valence electrons. The molecule has 0 saturated carbocycles. The van der Waals surface area contributed by atoms with Gasteiger partial charge in [0.05, 0.1) is 30.6 Å². The molecular formula is C14H21N5O2. The molecule has 21 heavy (non-hydrogen) atoms. The number of oxazole rings is 1. The van der Waals surface area contributed by atoms with Crippen molar-refractivity contribution in [2.75, 3.05) is 13.1 Å². The van der Waals surface area contributed by atoms with E-state index in [2.05, 4.69) is 20.2 Å². The second-order valence-corrected chi connectivity index (χ2v) is 5.89. The molecular weight excluding hydrogens is 270 g/mol. The summed E-state index contributed by atoms with van der Waals surface area (Å²) < 4.78 is 7.31. The van der Waals surface area contributed by atoms with E-state index in [1.807, 2.05) is 13.8 Å². The predicted molar refractivity (Wildman–Crippen MR) is 75.5 cm³/mol. The molecule has 2 aromatic heterocycles. The van der Waals surface area contributed by atoms with Crippen LogP contribution in [0.1, 0.15) is 30.2 Å². The van der Waals surface area contributed by atoms with Crippen molar-refractivity contribution in [1.29, 1.82) is 0 Å². The van der Waals surface area contributed by atoms with Crippen molar-refractivity contribution < 1.29 is 9.52 Å². The van der Waals surface area contributed by atoms with Gasteiger partial charge in [-0.25, -0.2) is 9.67 Å². The van der Waals surface area contributed by atoms with Crippen molar-refractivity contribution in [2.24, 2.45) is 0 Å². The molecule has 0 spiro atoms. The van der Waals surface area contributed by atoms with Crippen molar-refractivity contribution in [3.8, 4) is 0 Å². The summed E-state index contributed by atoms with van der Waals surface area (Å²) >= 11 is 0. The molecule has 0 amide bonds. The fourth-order valence-corrected chi connectivity index (χ4v) is 2.89. The predicted octanol–water partition coefficient (Wildman–Crippen LogP) is 0.910. The van der Waals surface area contributed by atoms with Crippen LogP contribution in [0.25, 0.3) is 0 Å². The minimum atomic E-state index is -0.775. The van der Waals surface area contributed by atoms with Gasteiger partial charge in [-0.2, -0.15) is 0 Å². The number of aryl methyl sites for hydroxylation is 2. The Labute approximate surface area is 123 Å². The zero-order valence-corrected chi connectivity index (χ0v) is 12.5. The van der Waals surface area contributed by atoms with E-state index in [0.29, 0.717) is 19.6 Å². The van der Waals surface area contributed by atoms with Crippen molar-refractivity contribution in [2.45, 2.75) is 45.4 Å². The van der Waals surface area contributed by atoms with Gasteiger partial charge in [0.2, 0.25) is 5.89 Å². The Morgan fingerprint density at radius 2 is 2.29 bits per heavy atom.